The van der Waals surface area contributed by atoms with E-state index in [9.17, 15) is 0 Å². The lowest BCUT2D eigenvalue weighted by atomic mass is 9.96. The van der Waals surface area contributed by atoms with Gasteiger partial charge in [0.05, 0.1) is 13.7 Å². The molecule has 0 aliphatic carbocycles. The summed E-state index contributed by atoms with van der Waals surface area (Å²) in [4.78, 5) is 4.51. The Morgan fingerprint density at radius 2 is 2.00 bits per heavy atom. The number of aromatic nitrogens is 2. The van der Waals surface area contributed by atoms with Crippen molar-refractivity contribution in [2.75, 3.05) is 19.0 Å². The molecule has 5 nitrogen and oxygen atoms in total. The molecule has 0 radical (unpaired) electrons. The molecule has 0 spiro atoms. The maximum absolute atomic E-state index is 5.87. The van der Waals surface area contributed by atoms with E-state index < -0.39 is 0 Å². The third kappa shape index (κ3) is 4.59. The van der Waals surface area contributed by atoms with E-state index in [0.29, 0.717) is 6.54 Å². The molecule has 2 aromatic rings. The van der Waals surface area contributed by atoms with E-state index in [1.54, 1.807) is 7.11 Å². The highest BCUT2D eigenvalue weighted by Crippen LogP contribution is 2.23. The highest BCUT2D eigenvalue weighted by atomic mass is 32.1. The number of nitrogens with one attached hydrogen (secondary N) is 1. The van der Waals surface area contributed by atoms with Crippen LogP contribution in [0.3, 0.4) is 0 Å². The van der Waals surface area contributed by atoms with Gasteiger partial charge in [-0.3, -0.25) is 0 Å². The highest BCUT2D eigenvalue weighted by molar-refractivity contribution is 7.09. The molecule has 1 aromatic carbocycles. The van der Waals surface area contributed by atoms with Crippen molar-refractivity contribution in [2.45, 2.75) is 39.2 Å². The van der Waals surface area contributed by atoms with Gasteiger partial charge in [0.25, 0.3) is 0 Å². The number of methoxy groups -OCH3 is 1. The van der Waals surface area contributed by atoms with Crippen molar-refractivity contribution in [3.8, 4) is 11.5 Å². The SMILES string of the molecule is COc1cccc(OC(C)CNc2nc(C(C)(C)C)ns2)c1. The second-order valence-electron chi connectivity index (χ2n) is 6.16. The molecule has 0 saturated heterocycles. The van der Waals surface area contributed by atoms with Crippen LogP contribution >= 0.6 is 11.5 Å². The van der Waals surface area contributed by atoms with Gasteiger partial charge in [0.2, 0.25) is 5.13 Å². The molecule has 2 rings (SSSR count). The van der Waals surface area contributed by atoms with Crippen LogP contribution in [0.15, 0.2) is 24.3 Å². The Morgan fingerprint density at radius 1 is 1.27 bits per heavy atom. The van der Waals surface area contributed by atoms with Crippen LogP contribution in [0.4, 0.5) is 5.13 Å². The van der Waals surface area contributed by atoms with Crippen molar-refractivity contribution in [3.63, 3.8) is 0 Å². The first-order valence-electron chi connectivity index (χ1n) is 7.27. The van der Waals surface area contributed by atoms with Gasteiger partial charge < -0.3 is 14.8 Å². The van der Waals surface area contributed by atoms with Gasteiger partial charge in [-0.2, -0.15) is 4.37 Å². The maximum atomic E-state index is 5.87. The van der Waals surface area contributed by atoms with Crippen LogP contribution in [0.2, 0.25) is 0 Å². The Balaban J connectivity index is 1.87. The predicted molar refractivity (Wildman–Crippen MR) is 90.2 cm³/mol. The summed E-state index contributed by atoms with van der Waals surface area (Å²) in [6.45, 7) is 8.99. The van der Waals surface area contributed by atoms with E-state index in [1.807, 2.05) is 31.2 Å². The molecule has 22 heavy (non-hydrogen) atoms. The van der Waals surface area contributed by atoms with E-state index >= 15 is 0 Å². The summed E-state index contributed by atoms with van der Waals surface area (Å²) in [6, 6.07) is 7.60. The summed E-state index contributed by atoms with van der Waals surface area (Å²) in [5.41, 5.74) is -0.0286. The second kappa shape index (κ2) is 6.96. The van der Waals surface area contributed by atoms with Crippen LogP contribution in [0.5, 0.6) is 11.5 Å². The minimum atomic E-state index is -0.0286. The van der Waals surface area contributed by atoms with E-state index in [2.05, 4.69) is 35.4 Å². The molecular weight excluding hydrogens is 298 g/mol. The number of hydrogen-bond donors (Lipinski definition) is 1. The zero-order valence-electron chi connectivity index (χ0n) is 13.7. The highest BCUT2D eigenvalue weighted by Gasteiger charge is 2.19. The molecule has 0 amide bonds. The smallest absolute Gasteiger partial charge is 0.202 e. The van der Waals surface area contributed by atoms with Crippen LogP contribution in [-0.4, -0.2) is 29.1 Å². The maximum Gasteiger partial charge on any atom is 0.202 e. The number of benzene rings is 1. The molecule has 0 aliphatic rings. The average Bonchev–Trinajstić information content (AvgIpc) is 2.94. The third-order valence-corrected chi connectivity index (χ3v) is 3.69. The molecule has 1 aromatic heterocycles. The number of hydrogen-bond acceptors (Lipinski definition) is 6. The van der Waals surface area contributed by atoms with Crippen LogP contribution in [0.1, 0.15) is 33.5 Å². The summed E-state index contributed by atoms with van der Waals surface area (Å²) in [7, 11) is 1.65. The van der Waals surface area contributed by atoms with Crippen molar-refractivity contribution >= 4 is 16.7 Å². The van der Waals surface area contributed by atoms with Gasteiger partial charge >= 0.3 is 0 Å². The van der Waals surface area contributed by atoms with Gasteiger partial charge in [-0.25, -0.2) is 4.98 Å². The molecule has 0 aliphatic heterocycles. The van der Waals surface area contributed by atoms with E-state index in [4.69, 9.17) is 9.47 Å². The Morgan fingerprint density at radius 3 is 2.64 bits per heavy atom. The number of rotatable bonds is 6. The Kier molecular flexibility index (Phi) is 5.24. The van der Waals surface area contributed by atoms with Gasteiger partial charge in [-0.1, -0.05) is 26.8 Å². The van der Waals surface area contributed by atoms with Gasteiger partial charge in [0.15, 0.2) is 0 Å². The first-order chi connectivity index (χ1) is 10.4. The van der Waals surface area contributed by atoms with Crippen LogP contribution in [0, 0.1) is 0 Å². The van der Waals surface area contributed by atoms with E-state index in [-0.39, 0.29) is 11.5 Å². The second-order valence-corrected chi connectivity index (χ2v) is 6.91. The van der Waals surface area contributed by atoms with Crippen molar-refractivity contribution in [1.82, 2.24) is 9.36 Å². The standard InChI is InChI=1S/C16H23N3O2S/c1-11(21-13-8-6-7-12(9-13)20-5)10-17-15-18-14(19-22-15)16(2,3)4/h6-9,11H,10H2,1-5H3,(H,17,18,19). The first-order valence-corrected chi connectivity index (χ1v) is 8.04. The van der Waals surface area contributed by atoms with Gasteiger partial charge in [-0.05, 0) is 19.1 Å². The fourth-order valence-electron chi connectivity index (χ4n) is 1.78. The Hall–Kier alpha value is -1.82. The first kappa shape index (κ1) is 16.5. The van der Waals surface area contributed by atoms with E-state index in [0.717, 1.165) is 22.5 Å². The Labute approximate surface area is 135 Å². The fourth-order valence-corrected chi connectivity index (χ4v) is 2.54. The van der Waals surface area contributed by atoms with Crippen molar-refractivity contribution in [2.24, 2.45) is 0 Å². The molecule has 0 saturated carbocycles. The van der Waals surface area contributed by atoms with Crippen molar-refractivity contribution in [3.05, 3.63) is 30.1 Å². The zero-order valence-corrected chi connectivity index (χ0v) is 14.5. The van der Waals surface area contributed by atoms with E-state index in [1.165, 1.54) is 11.5 Å². The topological polar surface area (TPSA) is 56.3 Å². The molecule has 1 atom stereocenters. The van der Waals surface area contributed by atoms with Gasteiger partial charge in [0.1, 0.15) is 23.4 Å². The summed E-state index contributed by atoms with van der Waals surface area (Å²) >= 11 is 1.38. The summed E-state index contributed by atoms with van der Waals surface area (Å²) < 4.78 is 15.4. The molecule has 0 bridgehead atoms. The number of anilines is 1. The third-order valence-electron chi connectivity index (χ3n) is 3.02. The van der Waals surface area contributed by atoms with Crippen LogP contribution in [-0.2, 0) is 5.41 Å². The molecule has 120 valence electrons. The molecule has 1 heterocycles. The largest absolute Gasteiger partial charge is 0.497 e. The fraction of sp³-hybridized carbons (Fsp3) is 0.500. The Bertz CT molecular complexity index is 607. The zero-order chi connectivity index (χ0) is 16.2. The molecule has 1 N–H and O–H groups in total. The lowest BCUT2D eigenvalue weighted by molar-refractivity contribution is 0.233. The minimum Gasteiger partial charge on any atom is -0.497 e. The molecule has 0 fully saturated rings. The summed E-state index contributed by atoms with van der Waals surface area (Å²) in [5, 5.41) is 4.10. The molecule has 6 heteroatoms. The minimum absolute atomic E-state index is 0.00842. The quantitative estimate of drug-likeness (QED) is 0.878. The van der Waals surface area contributed by atoms with Crippen LogP contribution in [0.25, 0.3) is 0 Å². The lowest BCUT2D eigenvalue weighted by Gasteiger charge is -2.15. The summed E-state index contributed by atoms with van der Waals surface area (Å²) in [5.74, 6) is 2.44. The van der Waals surface area contributed by atoms with Crippen molar-refractivity contribution < 1.29 is 9.47 Å². The normalized spacial score (nSPS) is 12.8. The lowest BCUT2D eigenvalue weighted by Crippen LogP contribution is -2.22. The average molecular weight is 321 g/mol. The number of nitrogens with zero attached hydrogens (tertiary/aromatic N) is 2. The van der Waals surface area contributed by atoms with Gasteiger partial charge in [0, 0.05) is 23.0 Å². The predicted octanol–water partition coefficient (Wildman–Crippen LogP) is 3.72. The monoisotopic (exact) mass is 321 g/mol. The number of ether oxygens (including phenoxy) is 2. The van der Waals surface area contributed by atoms with Crippen LogP contribution < -0.4 is 14.8 Å². The molecule has 1 unspecified atom stereocenters. The van der Waals surface area contributed by atoms with Crippen molar-refractivity contribution in [1.29, 1.82) is 0 Å². The van der Waals surface area contributed by atoms with Gasteiger partial charge in [-0.15, -0.1) is 0 Å². The molecular formula is C16H23N3O2S. The summed E-state index contributed by atoms with van der Waals surface area (Å²) in [6.07, 6.45) is 0.00842.